The Kier molecular flexibility index (Phi) is 1.90. The summed E-state index contributed by atoms with van der Waals surface area (Å²) < 4.78 is 4.88. The molecule has 0 aromatic rings. The zero-order valence-corrected chi connectivity index (χ0v) is 8.67. The van der Waals surface area contributed by atoms with Gasteiger partial charge in [-0.05, 0) is 36.5 Å². The van der Waals surface area contributed by atoms with Gasteiger partial charge in [-0.1, -0.05) is 13.8 Å². The monoisotopic (exact) mass is 182 g/mol. The van der Waals surface area contributed by atoms with Gasteiger partial charge in [0, 0.05) is 0 Å². The third-order valence-electron chi connectivity index (χ3n) is 4.25. The van der Waals surface area contributed by atoms with Crippen LogP contribution in [0.15, 0.2) is 0 Å². The van der Waals surface area contributed by atoms with Gasteiger partial charge >= 0.3 is 5.97 Å². The van der Waals surface area contributed by atoms with Crippen molar-refractivity contribution < 1.29 is 9.53 Å². The second-order valence-electron chi connectivity index (χ2n) is 5.09. The molecule has 0 heterocycles. The molecule has 1 unspecified atom stereocenters. The Morgan fingerprint density at radius 3 is 2.54 bits per heavy atom. The smallest absolute Gasteiger partial charge is 0.309 e. The molecule has 2 rings (SSSR count). The van der Waals surface area contributed by atoms with E-state index < -0.39 is 0 Å². The molecule has 0 amide bonds. The number of methoxy groups -OCH3 is 1. The summed E-state index contributed by atoms with van der Waals surface area (Å²) in [6, 6.07) is 0. The fraction of sp³-hybridized carbons (Fsp3) is 0.909. The van der Waals surface area contributed by atoms with Crippen LogP contribution in [0.2, 0.25) is 0 Å². The predicted molar refractivity (Wildman–Crippen MR) is 50.1 cm³/mol. The second kappa shape index (κ2) is 2.73. The standard InChI is InChI=1S/C11H18O2/c1-11(2)8-5-4-7(6-8)9(11)10(12)13-3/h7-9H,4-6H2,1-3H3/t7-,8+,9?/m0/s1. The molecule has 0 spiro atoms. The van der Waals surface area contributed by atoms with E-state index in [1.54, 1.807) is 0 Å². The summed E-state index contributed by atoms with van der Waals surface area (Å²) in [4.78, 5) is 11.6. The van der Waals surface area contributed by atoms with Crippen LogP contribution < -0.4 is 0 Å². The molecule has 3 atom stereocenters. The normalized spacial score (nSPS) is 40.7. The van der Waals surface area contributed by atoms with Gasteiger partial charge in [-0.25, -0.2) is 0 Å². The van der Waals surface area contributed by atoms with E-state index in [2.05, 4.69) is 13.8 Å². The van der Waals surface area contributed by atoms with Gasteiger partial charge < -0.3 is 4.74 Å². The number of hydrogen-bond acceptors (Lipinski definition) is 2. The molecule has 0 aromatic heterocycles. The molecule has 2 aliphatic rings. The van der Waals surface area contributed by atoms with Gasteiger partial charge in [0.05, 0.1) is 13.0 Å². The zero-order valence-electron chi connectivity index (χ0n) is 8.67. The summed E-state index contributed by atoms with van der Waals surface area (Å²) in [6.45, 7) is 4.44. The molecule has 2 heteroatoms. The van der Waals surface area contributed by atoms with E-state index in [0.717, 1.165) is 5.92 Å². The van der Waals surface area contributed by atoms with Crippen LogP contribution in [0.3, 0.4) is 0 Å². The molecule has 0 aromatic carbocycles. The van der Waals surface area contributed by atoms with E-state index in [1.165, 1.54) is 26.4 Å². The second-order valence-corrected chi connectivity index (χ2v) is 5.09. The lowest BCUT2D eigenvalue weighted by atomic mass is 9.69. The van der Waals surface area contributed by atoms with E-state index in [-0.39, 0.29) is 17.3 Å². The van der Waals surface area contributed by atoms with Crippen LogP contribution >= 0.6 is 0 Å². The lowest BCUT2D eigenvalue weighted by Crippen LogP contribution is -2.36. The fourth-order valence-electron chi connectivity index (χ4n) is 3.48. The fourth-order valence-corrected chi connectivity index (χ4v) is 3.48. The van der Waals surface area contributed by atoms with E-state index >= 15 is 0 Å². The van der Waals surface area contributed by atoms with Gasteiger partial charge in [-0.15, -0.1) is 0 Å². The molecule has 2 nitrogen and oxygen atoms in total. The quantitative estimate of drug-likeness (QED) is 0.581. The van der Waals surface area contributed by atoms with Crippen LogP contribution in [0.1, 0.15) is 33.1 Å². The molecule has 0 radical (unpaired) electrons. The molecule has 13 heavy (non-hydrogen) atoms. The maximum absolute atomic E-state index is 11.6. The van der Waals surface area contributed by atoms with Crippen LogP contribution in [0.4, 0.5) is 0 Å². The number of carbonyl (C=O) groups is 1. The summed E-state index contributed by atoms with van der Waals surface area (Å²) in [6.07, 6.45) is 3.78. The third-order valence-corrected chi connectivity index (χ3v) is 4.25. The highest BCUT2D eigenvalue weighted by molar-refractivity contribution is 5.74. The van der Waals surface area contributed by atoms with Crippen molar-refractivity contribution in [3.63, 3.8) is 0 Å². The first-order chi connectivity index (χ1) is 6.07. The summed E-state index contributed by atoms with van der Waals surface area (Å²) in [5, 5.41) is 0. The van der Waals surface area contributed by atoms with E-state index in [4.69, 9.17) is 4.74 Å². The van der Waals surface area contributed by atoms with E-state index in [9.17, 15) is 4.79 Å². The van der Waals surface area contributed by atoms with Gasteiger partial charge in [0.25, 0.3) is 0 Å². The number of hydrogen-bond donors (Lipinski definition) is 0. The molecule has 2 fully saturated rings. The topological polar surface area (TPSA) is 26.3 Å². The molecule has 0 N–H and O–H groups in total. The molecular formula is C11H18O2. The SMILES string of the molecule is COC(=O)C1[C@H]2CC[C@H](C2)C1(C)C. The lowest BCUT2D eigenvalue weighted by molar-refractivity contribution is -0.152. The summed E-state index contributed by atoms with van der Waals surface area (Å²) in [7, 11) is 1.50. The highest BCUT2D eigenvalue weighted by Crippen LogP contribution is 2.59. The van der Waals surface area contributed by atoms with Crippen molar-refractivity contribution in [2.24, 2.45) is 23.2 Å². The summed E-state index contributed by atoms with van der Waals surface area (Å²) >= 11 is 0. The minimum Gasteiger partial charge on any atom is -0.469 e. The Morgan fingerprint density at radius 2 is 2.08 bits per heavy atom. The number of esters is 1. The highest BCUT2D eigenvalue weighted by atomic mass is 16.5. The zero-order chi connectivity index (χ0) is 9.64. The Hall–Kier alpha value is -0.530. The first-order valence-corrected chi connectivity index (χ1v) is 5.15. The van der Waals surface area contributed by atoms with Crippen LogP contribution in [-0.4, -0.2) is 13.1 Å². The first-order valence-electron chi connectivity index (χ1n) is 5.15. The molecule has 2 aliphatic carbocycles. The molecule has 2 saturated carbocycles. The van der Waals surface area contributed by atoms with Crippen molar-refractivity contribution in [3.8, 4) is 0 Å². The number of ether oxygens (including phenoxy) is 1. The maximum atomic E-state index is 11.6. The lowest BCUT2D eigenvalue weighted by Gasteiger charge is -2.36. The van der Waals surface area contributed by atoms with Crippen LogP contribution in [0.5, 0.6) is 0 Å². The molecule has 0 saturated heterocycles. The molecule has 2 bridgehead atoms. The number of fused-ring (bicyclic) bond motifs is 2. The average Bonchev–Trinajstić information content (AvgIpc) is 2.60. The molecule has 74 valence electrons. The van der Waals surface area contributed by atoms with Gasteiger partial charge in [-0.2, -0.15) is 0 Å². The Bertz CT molecular complexity index is 232. The minimum atomic E-state index is 0.0113. The first kappa shape index (κ1) is 9.04. The van der Waals surface area contributed by atoms with Gasteiger partial charge in [0.1, 0.15) is 0 Å². The number of rotatable bonds is 1. The minimum absolute atomic E-state index is 0.0113. The van der Waals surface area contributed by atoms with Gasteiger partial charge in [0.15, 0.2) is 0 Å². The van der Waals surface area contributed by atoms with Crippen LogP contribution in [0, 0.1) is 23.2 Å². The van der Waals surface area contributed by atoms with Crippen molar-refractivity contribution in [2.75, 3.05) is 7.11 Å². The molecular weight excluding hydrogens is 164 g/mol. The van der Waals surface area contributed by atoms with Crippen molar-refractivity contribution in [1.29, 1.82) is 0 Å². The Balaban J connectivity index is 2.23. The average molecular weight is 182 g/mol. The van der Waals surface area contributed by atoms with Gasteiger partial charge in [0.2, 0.25) is 0 Å². The summed E-state index contributed by atoms with van der Waals surface area (Å²) in [5.41, 5.74) is 0.177. The maximum Gasteiger partial charge on any atom is 0.309 e. The van der Waals surface area contributed by atoms with Crippen molar-refractivity contribution in [3.05, 3.63) is 0 Å². The third kappa shape index (κ3) is 1.11. The molecule has 0 aliphatic heterocycles. The van der Waals surface area contributed by atoms with Crippen molar-refractivity contribution >= 4 is 5.97 Å². The van der Waals surface area contributed by atoms with Crippen LogP contribution in [0.25, 0.3) is 0 Å². The van der Waals surface area contributed by atoms with E-state index in [1.807, 2.05) is 0 Å². The Labute approximate surface area is 79.7 Å². The van der Waals surface area contributed by atoms with Crippen molar-refractivity contribution in [1.82, 2.24) is 0 Å². The van der Waals surface area contributed by atoms with E-state index in [0.29, 0.717) is 5.92 Å². The van der Waals surface area contributed by atoms with Gasteiger partial charge in [-0.3, -0.25) is 4.79 Å². The largest absolute Gasteiger partial charge is 0.469 e. The van der Waals surface area contributed by atoms with Crippen LogP contribution in [-0.2, 0) is 9.53 Å². The number of carbonyl (C=O) groups excluding carboxylic acids is 1. The Morgan fingerprint density at radius 1 is 1.38 bits per heavy atom. The summed E-state index contributed by atoms with van der Waals surface area (Å²) in [5.74, 6) is 1.53. The van der Waals surface area contributed by atoms with Crippen molar-refractivity contribution in [2.45, 2.75) is 33.1 Å². The highest BCUT2D eigenvalue weighted by Gasteiger charge is 2.56. The predicted octanol–water partition coefficient (Wildman–Crippen LogP) is 2.23.